The molecular formula is C29H41N5O7. The summed E-state index contributed by atoms with van der Waals surface area (Å²) in [4.78, 5) is 45.1. The first kappa shape index (κ1) is 30.5. The zero-order chi connectivity index (χ0) is 30.9. The summed E-state index contributed by atoms with van der Waals surface area (Å²) in [5.74, 6) is -6.65. The molecular weight excluding hydrogens is 530 g/mol. The Morgan fingerprint density at radius 1 is 1.12 bits per heavy atom. The molecule has 41 heavy (non-hydrogen) atoms. The van der Waals surface area contributed by atoms with Crippen LogP contribution in [0.4, 0.5) is 5.69 Å². The zero-order valence-electron chi connectivity index (χ0n) is 24.6. The molecule has 3 aliphatic carbocycles. The summed E-state index contributed by atoms with van der Waals surface area (Å²) in [7, 11) is 8.69. The maximum absolute atomic E-state index is 14.1. The number of allylic oxidation sites excluding steroid dienone is 1. The van der Waals surface area contributed by atoms with Gasteiger partial charge in [-0.05, 0) is 65.4 Å². The van der Waals surface area contributed by atoms with Crippen LogP contribution in [-0.4, -0.2) is 107 Å². The smallest absolute Gasteiger partial charge is 0.255 e. The standard InChI is InChI=1S/C29H41N5O7/c1-28(2,31)12-34(7)11-14-10-17(32(3)4)15-8-13-9-16-21(33(5)6)24(37)20(27(30)40)26(39)29(16,41)25(38)18(13)23(36)19(15)22(14)35/h10,13,16,21,35,37-38,41H,8-9,11-12,31H2,1-7H3,(H2,30,40)/t13-,16-,21-,29-/m0/s1. The Labute approximate surface area is 239 Å². The number of nitrogens with two attached hydrogens (primary N) is 2. The highest BCUT2D eigenvalue weighted by molar-refractivity contribution is 6.24. The van der Waals surface area contributed by atoms with Gasteiger partial charge in [0.15, 0.2) is 11.4 Å². The van der Waals surface area contributed by atoms with Gasteiger partial charge in [0.05, 0.1) is 11.6 Å². The van der Waals surface area contributed by atoms with Crippen LogP contribution in [0.15, 0.2) is 28.7 Å². The minimum Gasteiger partial charge on any atom is -0.510 e. The van der Waals surface area contributed by atoms with Crippen molar-refractivity contribution in [3.63, 3.8) is 0 Å². The molecule has 12 nitrogen and oxygen atoms in total. The summed E-state index contributed by atoms with van der Waals surface area (Å²) >= 11 is 0. The lowest BCUT2D eigenvalue weighted by molar-refractivity contribution is -0.148. The number of nitrogens with zero attached hydrogens (tertiary/aromatic N) is 3. The molecule has 1 aromatic rings. The number of likely N-dealkylation sites (N-methyl/N-ethyl adjacent to an activating group) is 2. The van der Waals surface area contributed by atoms with Crippen LogP contribution in [-0.2, 0) is 22.6 Å². The van der Waals surface area contributed by atoms with E-state index in [2.05, 4.69) is 0 Å². The third-order valence-electron chi connectivity index (χ3n) is 8.38. The van der Waals surface area contributed by atoms with Crippen LogP contribution >= 0.6 is 0 Å². The second-order valence-corrected chi connectivity index (χ2v) is 12.8. The largest absolute Gasteiger partial charge is 0.510 e. The number of benzene rings is 1. The monoisotopic (exact) mass is 571 g/mol. The number of Topliss-reactive ketones (excluding diaryl/α,β-unsaturated/α-hetero) is 2. The molecule has 0 saturated heterocycles. The van der Waals surface area contributed by atoms with E-state index >= 15 is 0 Å². The molecule has 0 radical (unpaired) electrons. The minimum absolute atomic E-state index is 0.00705. The van der Waals surface area contributed by atoms with Crippen LogP contribution in [0, 0.1) is 11.8 Å². The van der Waals surface area contributed by atoms with E-state index in [1.165, 1.54) is 4.90 Å². The number of hydrogen-bond acceptors (Lipinski definition) is 11. The molecule has 224 valence electrons. The van der Waals surface area contributed by atoms with E-state index in [0.29, 0.717) is 23.4 Å². The highest BCUT2D eigenvalue weighted by atomic mass is 16.3. The van der Waals surface area contributed by atoms with Gasteiger partial charge in [0.25, 0.3) is 5.91 Å². The van der Waals surface area contributed by atoms with E-state index < -0.39 is 63.6 Å². The van der Waals surface area contributed by atoms with Crippen LogP contribution in [0.3, 0.4) is 0 Å². The van der Waals surface area contributed by atoms with Crippen molar-refractivity contribution in [3.8, 4) is 5.75 Å². The summed E-state index contributed by atoms with van der Waals surface area (Å²) in [5.41, 5.74) is 9.14. The number of ketones is 2. The number of aromatic hydroxyl groups is 1. The van der Waals surface area contributed by atoms with Gasteiger partial charge >= 0.3 is 0 Å². The highest BCUT2D eigenvalue weighted by Crippen LogP contribution is 2.53. The van der Waals surface area contributed by atoms with Gasteiger partial charge in [0.1, 0.15) is 22.8 Å². The van der Waals surface area contributed by atoms with E-state index in [9.17, 15) is 34.8 Å². The summed E-state index contributed by atoms with van der Waals surface area (Å²) in [6.45, 7) is 4.55. The number of carbonyl (C=O) groups is 3. The van der Waals surface area contributed by atoms with E-state index in [1.54, 1.807) is 14.1 Å². The summed E-state index contributed by atoms with van der Waals surface area (Å²) in [5, 5.41) is 45.6. The molecule has 0 bridgehead atoms. The van der Waals surface area contributed by atoms with Crippen molar-refractivity contribution >= 4 is 23.2 Å². The second-order valence-electron chi connectivity index (χ2n) is 12.8. The second kappa shape index (κ2) is 10.1. The van der Waals surface area contributed by atoms with Crippen LogP contribution < -0.4 is 16.4 Å². The highest BCUT2D eigenvalue weighted by Gasteiger charge is 2.63. The number of phenols is 1. The molecule has 0 fully saturated rings. The molecule has 4 rings (SSSR count). The van der Waals surface area contributed by atoms with Gasteiger partial charge < -0.3 is 41.7 Å². The lowest BCUT2D eigenvalue weighted by Gasteiger charge is -2.50. The van der Waals surface area contributed by atoms with Crippen LogP contribution in [0.2, 0.25) is 0 Å². The molecule has 4 atom stereocenters. The number of anilines is 1. The Bertz CT molecular complexity index is 1390. The maximum atomic E-state index is 14.1. The maximum Gasteiger partial charge on any atom is 0.255 e. The third-order valence-corrected chi connectivity index (χ3v) is 8.38. The number of primary amides is 1. The zero-order valence-corrected chi connectivity index (χ0v) is 24.6. The number of rotatable bonds is 7. The van der Waals surface area contributed by atoms with E-state index in [1.807, 2.05) is 50.9 Å². The Hall–Kier alpha value is -3.45. The molecule has 0 saturated carbocycles. The Balaban J connectivity index is 1.91. The number of carbonyl (C=O) groups excluding carboxylic acids is 3. The predicted molar refractivity (Wildman–Crippen MR) is 153 cm³/mol. The SMILES string of the molecule is CN(Cc1cc(N(C)C)c2c(c1O)C(=O)C1=C(O)[C@]3(O)C(=O)C(C(N)=O)=C(O)[C@@H](N(C)C)[C@@H]3C[C@@H]1C2)CC(C)(C)N. The average molecular weight is 572 g/mol. The first-order chi connectivity index (χ1) is 18.8. The fourth-order valence-corrected chi connectivity index (χ4v) is 6.91. The number of amides is 1. The van der Waals surface area contributed by atoms with Crippen molar-refractivity contribution in [2.45, 2.75) is 50.4 Å². The number of hydrogen-bond donors (Lipinski definition) is 6. The number of aliphatic hydroxyl groups excluding tert-OH is 2. The van der Waals surface area contributed by atoms with E-state index in [4.69, 9.17) is 11.5 Å². The summed E-state index contributed by atoms with van der Waals surface area (Å²) < 4.78 is 0. The van der Waals surface area contributed by atoms with Gasteiger partial charge in [-0.3, -0.25) is 19.3 Å². The van der Waals surface area contributed by atoms with Gasteiger partial charge in [0, 0.05) is 55.5 Å². The molecule has 0 aliphatic heterocycles. The van der Waals surface area contributed by atoms with Gasteiger partial charge in [-0.2, -0.15) is 0 Å². The third kappa shape index (κ3) is 4.78. The van der Waals surface area contributed by atoms with Crippen molar-refractivity contribution in [3.05, 3.63) is 45.4 Å². The average Bonchev–Trinajstić information content (AvgIpc) is 2.81. The molecule has 8 N–H and O–H groups in total. The summed E-state index contributed by atoms with van der Waals surface area (Å²) in [6, 6.07) is 0.794. The lowest BCUT2D eigenvalue weighted by Crippen LogP contribution is -2.63. The molecule has 0 unspecified atom stereocenters. The van der Waals surface area contributed by atoms with Crippen molar-refractivity contribution in [2.75, 3.05) is 46.7 Å². The molecule has 12 heteroatoms. The number of aliphatic hydroxyl groups is 3. The van der Waals surface area contributed by atoms with Crippen LogP contribution in [0.1, 0.15) is 41.8 Å². The van der Waals surface area contributed by atoms with Crippen molar-refractivity contribution < 1.29 is 34.8 Å². The van der Waals surface area contributed by atoms with Gasteiger partial charge in [-0.15, -0.1) is 0 Å². The molecule has 3 aliphatic rings. The Kier molecular flexibility index (Phi) is 7.53. The van der Waals surface area contributed by atoms with Crippen molar-refractivity contribution in [1.82, 2.24) is 9.80 Å². The predicted octanol–water partition coefficient (Wildman–Crippen LogP) is 0.356. The topological polar surface area (TPSA) is 194 Å². The number of fused-ring (bicyclic) bond motifs is 3. The Morgan fingerprint density at radius 3 is 2.24 bits per heavy atom. The van der Waals surface area contributed by atoms with Gasteiger partial charge in [-0.25, -0.2) is 0 Å². The quantitative estimate of drug-likeness (QED) is 0.247. The molecule has 0 spiro atoms. The molecule has 0 aromatic heterocycles. The molecule has 1 aromatic carbocycles. The number of phenolic OH excluding ortho intramolecular Hbond substituents is 1. The van der Waals surface area contributed by atoms with Gasteiger partial charge in [-0.1, -0.05) is 0 Å². The van der Waals surface area contributed by atoms with Crippen LogP contribution in [0.25, 0.3) is 0 Å². The van der Waals surface area contributed by atoms with Crippen LogP contribution in [0.5, 0.6) is 5.75 Å². The fourth-order valence-electron chi connectivity index (χ4n) is 6.91. The fraction of sp³-hybridized carbons (Fsp3) is 0.552. The van der Waals surface area contributed by atoms with Gasteiger partial charge in [0.2, 0.25) is 5.78 Å². The normalized spacial score (nSPS) is 26.4. The van der Waals surface area contributed by atoms with Crippen molar-refractivity contribution in [1.29, 1.82) is 0 Å². The first-order valence-electron chi connectivity index (χ1n) is 13.5. The van der Waals surface area contributed by atoms with Crippen molar-refractivity contribution in [2.24, 2.45) is 23.3 Å². The lowest BCUT2D eigenvalue weighted by atomic mass is 9.58. The molecule has 1 amide bonds. The minimum atomic E-state index is -2.67. The van der Waals surface area contributed by atoms with E-state index in [-0.39, 0.29) is 36.3 Å². The first-order valence-corrected chi connectivity index (χ1v) is 13.5. The summed E-state index contributed by atoms with van der Waals surface area (Å²) in [6.07, 6.45) is 0.261. The molecule has 0 heterocycles. The van der Waals surface area contributed by atoms with E-state index in [0.717, 1.165) is 0 Å². The Morgan fingerprint density at radius 2 is 1.73 bits per heavy atom.